The molecule has 0 heterocycles. The van der Waals surface area contributed by atoms with Crippen molar-refractivity contribution in [3.05, 3.63) is 59.1 Å². The maximum Gasteiger partial charge on any atom is 0.0412 e. The van der Waals surface area contributed by atoms with Gasteiger partial charge in [0, 0.05) is 5.02 Å². The molecule has 0 aromatic heterocycles. The van der Waals surface area contributed by atoms with Crippen LogP contribution >= 0.6 is 11.6 Å². The lowest BCUT2D eigenvalue weighted by molar-refractivity contribution is 0.339. The summed E-state index contributed by atoms with van der Waals surface area (Å²) in [7, 11) is 0. The van der Waals surface area contributed by atoms with Gasteiger partial charge in [0.05, 0.1) is 0 Å². The molecule has 0 fully saturated rings. The number of halogens is 1. The smallest absolute Gasteiger partial charge is 0.0412 e. The first-order chi connectivity index (χ1) is 8.88. The number of hydrogen-bond acceptors (Lipinski definition) is 0. The molecule has 0 nitrogen and oxygen atoms in total. The Labute approximate surface area is 121 Å². The minimum atomic E-state index is 0.271. The van der Waals surface area contributed by atoms with Crippen LogP contribution in [-0.2, 0) is 0 Å². The summed E-state index contributed by atoms with van der Waals surface area (Å²) in [6.45, 7) is 9.13. The Morgan fingerprint density at radius 1 is 0.895 bits per heavy atom. The van der Waals surface area contributed by atoms with Crippen LogP contribution in [0.2, 0.25) is 5.02 Å². The zero-order chi connectivity index (χ0) is 14.0. The number of benzene rings is 2. The summed E-state index contributed by atoms with van der Waals surface area (Å²) in [6.07, 6.45) is 0. The quantitative estimate of drug-likeness (QED) is 0.614. The molecule has 100 valence electrons. The summed E-state index contributed by atoms with van der Waals surface area (Å²) < 4.78 is 0. The molecule has 0 saturated carbocycles. The molecular formula is C18H21Cl. The van der Waals surface area contributed by atoms with E-state index in [0.29, 0.717) is 5.92 Å². The van der Waals surface area contributed by atoms with Crippen molar-refractivity contribution in [3.8, 4) is 11.1 Å². The Morgan fingerprint density at radius 3 is 2.05 bits per heavy atom. The molecule has 0 amide bonds. The van der Waals surface area contributed by atoms with E-state index in [-0.39, 0.29) is 5.41 Å². The van der Waals surface area contributed by atoms with Gasteiger partial charge in [-0.3, -0.25) is 0 Å². The highest BCUT2D eigenvalue weighted by molar-refractivity contribution is 6.30. The van der Waals surface area contributed by atoms with Gasteiger partial charge in [0.15, 0.2) is 0 Å². The highest BCUT2D eigenvalue weighted by Gasteiger charge is 2.21. The van der Waals surface area contributed by atoms with Crippen molar-refractivity contribution in [2.75, 3.05) is 0 Å². The first-order valence-electron chi connectivity index (χ1n) is 6.74. The Balaban J connectivity index is 2.40. The van der Waals surface area contributed by atoms with E-state index < -0.39 is 0 Å². The van der Waals surface area contributed by atoms with E-state index in [4.69, 9.17) is 11.6 Å². The topological polar surface area (TPSA) is 0 Å². The average Bonchev–Trinajstić information content (AvgIpc) is 2.37. The van der Waals surface area contributed by atoms with Gasteiger partial charge in [-0.2, -0.15) is 0 Å². The van der Waals surface area contributed by atoms with Crippen molar-refractivity contribution < 1.29 is 0 Å². The van der Waals surface area contributed by atoms with Gasteiger partial charge in [-0.25, -0.2) is 0 Å². The molecule has 1 atom stereocenters. The minimum Gasteiger partial charge on any atom is -0.0843 e. The van der Waals surface area contributed by atoms with Crippen LogP contribution in [0.5, 0.6) is 0 Å². The van der Waals surface area contributed by atoms with E-state index in [1.807, 2.05) is 18.2 Å². The molecule has 2 rings (SSSR count). The standard InChI is InChI=1S/C18H21Cl/c1-13(18(2,3)4)14-7-5-8-15(11-14)16-9-6-10-17(19)12-16/h5-13H,1-4H3/t13-/m0/s1. The van der Waals surface area contributed by atoms with Crippen LogP contribution in [0.1, 0.15) is 39.2 Å². The lowest BCUT2D eigenvalue weighted by Crippen LogP contribution is -2.15. The summed E-state index contributed by atoms with van der Waals surface area (Å²) in [5, 5.41) is 0.784. The summed E-state index contributed by atoms with van der Waals surface area (Å²) in [4.78, 5) is 0. The largest absolute Gasteiger partial charge is 0.0843 e. The van der Waals surface area contributed by atoms with E-state index in [1.165, 1.54) is 16.7 Å². The highest BCUT2D eigenvalue weighted by atomic mass is 35.5. The van der Waals surface area contributed by atoms with Gasteiger partial charge in [0.25, 0.3) is 0 Å². The van der Waals surface area contributed by atoms with E-state index in [1.54, 1.807) is 0 Å². The van der Waals surface area contributed by atoms with Crippen LogP contribution in [0.4, 0.5) is 0 Å². The third-order valence-corrected chi connectivity index (χ3v) is 4.08. The first-order valence-corrected chi connectivity index (χ1v) is 7.11. The zero-order valence-electron chi connectivity index (χ0n) is 12.1. The van der Waals surface area contributed by atoms with Crippen molar-refractivity contribution in [1.29, 1.82) is 0 Å². The zero-order valence-corrected chi connectivity index (χ0v) is 12.8. The fourth-order valence-electron chi connectivity index (χ4n) is 2.16. The van der Waals surface area contributed by atoms with E-state index in [0.717, 1.165) is 5.02 Å². The Morgan fingerprint density at radius 2 is 1.47 bits per heavy atom. The highest BCUT2D eigenvalue weighted by Crippen LogP contribution is 2.36. The Bertz CT molecular complexity index is 564. The third-order valence-electron chi connectivity index (χ3n) is 3.84. The van der Waals surface area contributed by atoms with Crippen LogP contribution in [-0.4, -0.2) is 0 Å². The van der Waals surface area contributed by atoms with Gasteiger partial charge >= 0.3 is 0 Å². The average molecular weight is 273 g/mol. The molecule has 2 aromatic rings. The maximum absolute atomic E-state index is 6.07. The van der Waals surface area contributed by atoms with E-state index in [2.05, 4.69) is 58.0 Å². The second-order valence-electron chi connectivity index (χ2n) is 6.22. The fraction of sp³-hybridized carbons (Fsp3) is 0.333. The van der Waals surface area contributed by atoms with Crippen molar-refractivity contribution in [1.82, 2.24) is 0 Å². The third kappa shape index (κ3) is 3.39. The predicted molar refractivity (Wildman–Crippen MR) is 84.8 cm³/mol. The lowest BCUT2D eigenvalue weighted by atomic mass is 9.77. The van der Waals surface area contributed by atoms with Gasteiger partial charge in [0.2, 0.25) is 0 Å². The second kappa shape index (κ2) is 5.38. The lowest BCUT2D eigenvalue weighted by Gasteiger charge is -2.28. The number of hydrogen-bond donors (Lipinski definition) is 0. The Kier molecular flexibility index (Phi) is 4.01. The van der Waals surface area contributed by atoms with Crippen molar-refractivity contribution >= 4 is 11.6 Å². The summed E-state index contributed by atoms with van der Waals surface area (Å²) in [6, 6.07) is 16.8. The molecule has 0 unspecified atom stereocenters. The van der Waals surface area contributed by atoms with Gasteiger partial charge < -0.3 is 0 Å². The summed E-state index contributed by atoms with van der Waals surface area (Å²) in [5.74, 6) is 0.520. The van der Waals surface area contributed by atoms with Gasteiger partial charge in [-0.1, -0.05) is 75.7 Å². The molecular weight excluding hydrogens is 252 g/mol. The van der Waals surface area contributed by atoms with Gasteiger partial charge in [0.1, 0.15) is 0 Å². The van der Waals surface area contributed by atoms with Crippen LogP contribution in [0.15, 0.2) is 48.5 Å². The molecule has 0 saturated heterocycles. The molecule has 0 bridgehead atoms. The maximum atomic E-state index is 6.07. The van der Waals surface area contributed by atoms with Gasteiger partial charge in [-0.05, 0) is 40.2 Å². The van der Waals surface area contributed by atoms with E-state index in [9.17, 15) is 0 Å². The van der Waals surface area contributed by atoms with Crippen LogP contribution < -0.4 is 0 Å². The van der Waals surface area contributed by atoms with Crippen molar-refractivity contribution in [3.63, 3.8) is 0 Å². The number of rotatable bonds is 2. The monoisotopic (exact) mass is 272 g/mol. The molecule has 0 radical (unpaired) electrons. The predicted octanol–water partition coefficient (Wildman–Crippen LogP) is 6.16. The molecule has 2 aromatic carbocycles. The van der Waals surface area contributed by atoms with E-state index >= 15 is 0 Å². The Hall–Kier alpha value is -1.27. The van der Waals surface area contributed by atoms with Crippen LogP contribution in [0.3, 0.4) is 0 Å². The molecule has 0 aliphatic carbocycles. The second-order valence-corrected chi connectivity index (χ2v) is 6.66. The molecule has 0 aliphatic rings. The molecule has 19 heavy (non-hydrogen) atoms. The molecule has 1 heteroatoms. The van der Waals surface area contributed by atoms with Crippen molar-refractivity contribution in [2.45, 2.75) is 33.6 Å². The molecule has 0 spiro atoms. The minimum absolute atomic E-state index is 0.271. The first kappa shape index (κ1) is 14.1. The van der Waals surface area contributed by atoms with Crippen LogP contribution in [0.25, 0.3) is 11.1 Å². The SMILES string of the molecule is C[C@@H](c1cccc(-c2cccc(Cl)c2)c1)C(C)(C)C. The summed E-state index contributed by atoms with van der Waals surface area (Å²) in [5.41, 5.74) is 4.06. The van der Waals surface area contributed by atoms with Gasteiger partial charge in [-0.15, -0.1) is 0 Å². The normalized spacial score (nSPS) is 13.3. The molecule has 0 N–H and O–H groups in total. The van der Waals surface area contributed by atoms with Crippen LogP contribution in [0, 0.1) is 5.41 Å². The molecule has 0 aliphatic heterocycles. The van der Waals surface area contributed by atoms with Crippen molar-refractivity contribution in [2.24, 2.45) is 5.41 Å². The fourth-order valence-corrected chi connectivity index (χ4v) is 2.35. The summed E-state index contributed by atoms with van der Waals surface area (Å²) >= 11 is 6.07.